The van der Waals surface area contributed by atoms with Crippen molar-refractivity contribution >= 4 is 18.1 Å². The molecule has 108 valence electrons. The van der Waals surface area contributed by atoms with Crippen LogP contribution in [0.25, 0.3) is 11.1 Å². The van der Waals surface area contributed by atoms with Crippen LogP contribution in [0.5, 0.6) is 0 Å². The van der Waals surface area contributed by atoms with Gasteiger partial charge in [-0.05, 0) is 35.2 Å². The second-order valence-electron chi connectivity index (χ2n) is 4.98. The Morgan fingerprint density at radius 2 is 1.90 bits per heavy atom. The highest BCUT2D eigenvalue weighted by molar-refractivity contribution is 5.76. The van der Waals surface area contributed by atoms with Crippen LogP contribution in [0.3, 0.4) is 0 Å². The third kappa shape index (κ3) is 3.92. The Hall–Kier alpha value is -2.62. The first-order valence-electron chi connectivity index (χ1n) is 6.72. The van der Waals surface area contributed by atoms with Crippen LogP contribution in [0.1, 0.15) is 12.5 Å². The lowest BCUT2D eigenvalue weighted by Crippen LogP contribution is -2.12. The Kier molecular flexibility index (Phi) is 4.72. The highest BCUT2D eigenvalue weighted by Crippen LogP contribution is 2.23. The van der Waals surface area contributed by atoms with Crippen molar-refractivity contribution < 1.29 is 14.7 Å². The first kappa shape index (κ1) is 14.8. The fraction of sp³-hybridized carbons (Fsp3) is 0.176. The largest absolute Gasteiger partial charge is 0.481 e. The Balaban J connectivity index is 2.16. The van der Waals surface area contributed by atoms with E-state index in [1.54, 1.807) is 6.92 Å². The second-order valence-corrected chi connectivity index (χ2v) is 4.98. The van der Waals surface area contributed by atoms with Gasteiger partial charge in [0.2, 0.25) is 6.41 Å². The lowest BCUT2D eigenvalue weighted by Gasteiger charge is -2.08. The van der Waals surface area contributed by atoms with Gasteiger partial charge in [0.25, 0.3) is 0 Å². The predicted molar refractivity (Wildman–Crippen MR) is 82.1 cm³/mol. The predicted octanol–water partition coefficient (Wildman–Crippen LogP) is 3.19. The molecule has 0 aliphatic rings. The van der Waals surface area contributed by atoms with E-state index in [-0.39, 0.29) is 0 Å². The molecular formula is C17H17NO3. The van der Waals surface area contributed by atoms with Crippen LogP contribution in [-0.2, 0) is 16.0 Å². The molecule has 0 aromatic heterocycles. The minimum atomic E-state index is -0.785. The molecule has 1 amide bonds. The highest BCUT2D eigenvalue weighted by Gasteiger charge is 2.11. The van der Waals surface area contributed by atoms with Gasteiger partial charge in [-0.25, -0.2) is 0 Å². The van der Waals surface area contributed by atoms with Gasteiger partial charge in [0, 0.05) is 5.69 Å². The van der Waals surface area contributed by atoms with Gasteiger partial charge in [0.1, 0.15) is 0 Å². The van der Waals surface area contributed by atoms with E-state index in [0.717, 1.165) is 22.4 Å². The standard InChI is InChI=1S/C17H17NO3/c1-12(17(20)21)9-13-5-7-14(8-6-13)15-3-2-4-16(10-15)18-11-19/h2-8,10-12H,9H2,1H3,(H,18,19)(H,20,21). The van der Waals surface area contributed by atoms with E-state index in [1.807, 2.05) is 48.5 Å². The molecule has 0 bridgehead atoms. The van der Waals surface area contributed by atoms with E-state index in [0.29, 0.717) is 12.8 Å². The molecule has 0 fully saturated rings. The summed E-state index contributed by atoms with van der Waals surface area (Å²) in [6.45, 7) is 1.70. The van der Waals surface area contributed by atoms with Crippen molar-refractivity contribution in [3.05, 3.63) is 54.1 Å². The summed E-state index contributed by atoms with van der Waals surface area (Å²) in [5.74, 6) is -1.18. The number of carboxylic acid groups (broad SMARTS) is 1. The summed E-state index contributed by atoms with van der Waals surface area (Å²) in [4.78, 5) is 21.3. The topological polar surface area (TPSA) is 66.4 Å². The zero-order chi connectivity index (χ0) is 15.2. The van der Waals surface area contributed by atoms with Gasteiger partial charge in [0.15, 0.2) is 0 Å². The van der Waals surface area contributed by atoms with Crippen molar-refractivity contribution in [2.75, 3.05) is 5.32 Å². The van der Waals surface area contributed by atoms with Crippen molar-refractivity contribution in [1.29, 1.82) is 0 Å². The molecule has 0 spiro atoms. The van der Waals surface area contributed by atoms with Crippen molar-refractivity contribution in [2.24, 2.45) is 5.92 Å². The molecule has 4 heteroatoms. The summed E-state index contributed by atoms with van der Waals surface area (Å²) in [5, 5.41) is 11.5. The van der Waals surface area contributed by atoms with Crippen molar-refractivity contribution in [3.63, 3.8) is 0 Å². The number of aliphatic carboxylic acids is 1. The summed E-state index contributed by atoms with van der Waals surface area (Å²) in [5.41, 5.74) is 3.76. The average Bonchev–Trinajstić information content (AvgIpc) is 2.48. The third-order valence-corrected chi connectivity index (χ3v) is 3.34. The van der Waals surface area contributed by atoms with E-state index in [4.69, 9.17) is 5.11 Å². The molecule has 0 saturated heterocycles. The van der Waals surface area contributed by atoms with Gasteiger partial charge in [-0.2, -0.15) is 0 Å². The van der Waals surface area contributed by atoms with Crippen molar-refractivity contribution in [1.82, 2.24) is 0 Å². The first-order chi connectivity index (χ1) is 10.1. The molecule has 1 unspecified atom stereocenters. The van der Waals surface area contributed by atoms with E-state index >= 15 is 0 Å². The van der Waals surface area contributed by atoms with Gasteiger partial charge in [-0.15, -0.1) is 0 Å². The lowest BCUT2D eigenvalue weighted by molar-refractivity contribution is -0.141. The Bertz CT molecular complexity index is 635. The van der Waals surface area contributed by atoms with Gasteiger partial charge in [-0.1, -0.05) is 43.3 Å². The molecule has 0 aliphatic heterocycles. The number of rotatable bonds is 6. The number of carbonyl (C=O) groups excluding carboxylic acids is 1. The molecule has 4 nitrogen and oxygen atoms in total. The third-order valence-electron chi connectivity index (χ3n) is 3.34. The number of benzene rings is 2. The van der Waals surface area contributed by atoms with E-state index in [1.165, 1.54) is 0 Å². The SMILES string of the molecule is CC(Cc1ccc(-c2cccc(NC=O)c2)cc1)C(=O)O. The second kappa shape index (κ2) is 6.70. The van der Waals surface area contributed by atoms with Crippen molar-refractivity contribution in [2.45, 2.75) is 13.3 Å². The Morgan fingerprint density at radius 3 is 2.52 bits per heavy atom. The van der Waals surface area contributed by atoms with E-state index < -0.39 is 11.9 Å². The maximum Gasteiger partial charge on any atom is 0.306 e. The first-order valence-corrected chi connectivity index (χ1v) is 6.72. The van der Waals surface area contributed by atoms with Crippen LogP contribution in [0.15, 0.2) is 48.5 Å². The van der Waals surface area contributed by atoms with Crippen LogP contribution in [0.4, 0.5) is 5.69 Å². The molecule has 0 radical (unpaired) electrons. The van der Waals surface area contributed by atoms with Crippen LogP contribution in [0, 0.1) is 5.92 Å². The number of nitrogens with one attached hydrogen (secondary N) is 1. The molecule has 0 saturated carbocycles. The smallest absolute Gasteiger partial charge is 0.306 e. The molecule has 1 atom stereocenters. The molecule has 2 rings (SSSR count). The van der Waals surface area contributed by atoms with Gasteiger partial charge < -0.3 is 10.4 Å². The number of amides is 1. The van der Waals surface area contributed by atoms with E-state index in [2.05, 4.69) is 5.32 Å². The van der Waals surface area contributed by atoms with Gasteiger partial charge >= 0.3 is 5.97 Å². The minimum absolute atomic E-state index is 0.393. The maximum absolute atomic E-state index is 10.9. The number of carbonyl (C=O) groups is 2. The van der Waals surface area contributed by atoms with Gasteiger partial charge in [0.05, 0.1) is 5.92 Å². The summed E-state index contributed by atoms with van der Waals surface area (Å²) >= 11 is 0. The van der Waals surface area contributed by atoms with Crippen molar-refractivity contribution in [3.8, 4) is 11.1 Å². The molecular weight excluding hydrogens is 266 g/mol. The summed E-state index contributed by atoms with van der Waals surface area (Å²) in [6.07, 6.45) is 1.16. The number of hydrogen-bond donors (Lipinski definition) is 2. The van der Waals surface area contributed by atoms with Crippen LogP contribution < -0.4 is 5.32 Å². The maximum atomic E-state index is 10.9. The number of hydrogen-bond acceptors (Lipinski definition) is 2. The molecule has 21 heavy (non-hydrogen) atoms. The summed E-state index contributed by atoms with van der Waals surface area (Å²) in [7, 11) is 0. The number of anilines is 1. The summed E-state index contributed by atoms with van der Waals surface area (Å²) in [6, 6.07) is 15.4. The van der Waals surface area contributed by atoms with E-state index in [9.17, 15) is 9.59 Å². The number of carboxylic acids is 1. The normalized spacial score (nSPS) is 11.7. The monoisotopic (exact) mass is 283 g/mol. The summed E-state index contributed by atoms with van der Waals surface area (Å²) < 4.78 is 0. The van der Waals surface area contributed by atoms with Crippen LogP contribution in [-0.4, -0.2) is 17.5 Å². The van der Waals surface area contributed by atoms with Crippen LogP contribution in [0.2, 0.25) is 0 Å². The fourth-order valence-electron chi connectivity index (χ4n) is 2.13. The quantitative estimate of drug-likeness (QED) is 0.800. The van der Waals surface area contributed by atoms with Gasteiger partial charge in [-0.3, -0.25) is 9.59 Å². The molecule has 2 aromatic rings. The molecule has 0 aliphatic carbocycles. The lowest BCUT2D eigenvalue weighted by atomic mass is 9.98. The fourth-order valence-corrected chi connectivity index (χ4v) is 2.13. The zero-order valence-corrected chi connectivity index (χ0v) is 11.7. The zero-order valence-electron chi connectivity index (χ0n) is 11.7. The Labute approximate surface area is 123 Å². The molecule has 0 heterocycles. The minimum Gasteiger partial charge on any atom is -0.481 e. The molecule has 2 N–H and O–H groups in total. The van der Waals surface area contributed by atoms with Crippen LogP contribution >= 0.6 is 0 Å². The highest BCUT2D eigenvalue weighted by atomic mass is 16.4. The molecule has 2 aromatic carbocycles. The Morgan fingerprint density at radius 1 is 1.19 bits per heavy atom. The average molecular weight is 283 g/mol.